The highest BCUT2D eigenvalue weighted by Gasteiger charge is 2.32. The van der Waals surface area contributed by atoms with Crippen molar-refractivity contribution in [2.45, 2.75) is 64.3 Å². The SMILES string of the molecule is CCOc1ccc(S(=O)(=O)N2CCC(C(=O)NC(C)CCC(C)C)CC2)cc1. The van der Waals surface area contributed by atoms with Crippen molar-refractivity contribution in [3.63, 3.8) is 0 Å². The Labute approximate surface area is 169 Å². The van der Waals surface area contributed by atoms with Crippen LogP contribution in [0.25, 0.3) is 0 Å². The fourth-order valence-corrected chi connectivity index (χ4v) is 4.87. The monoisotopic (exact) mass is 410 g/mol. The first-order chi connectivity index (χ1) is 13.2. The highest BCUT2D eigenvalue weighted by Crippen LogP contribution is 2.25. The lowest BCUT2D eigenvalue weighted by Gasteiger charge is -2.31. The molecule has 28 heavy (non-hydrogen) atoms. The van der Waals surface area contributed by atoms with E-state index in [2.05, 4.69) is 19.2 Å². The largest absolute Gasteiger partial charge is 0.494 e. The molecule has 1 heterocycles. The topological polar surface area (TPSA) is 75.7 Å². The van der Waals surface area contributed by atoms with E-state index in [4.69, 9.17) is 4.74 Å². The summed E-state index contributed by atoms with van der Waals surface area (Å²) in [5, 5.41) is 3.09. The molecule has 0 aliphatic carbocycles. The maximum absolute atomic E-state index is 12.8. The first-order valence-corrected chi connectivity index (χ1v) is 11.7. The van der Waals surface area contributed by atoms with E-state index in [-0.39, 0.29) is 22.8 Å². The van der Waals surface area contributed by atoms with Crippen LogP contribution in [0.1, 0.15) is 53.4 Å². The first kappa shape index (κ1) is 22.7. The number of carbonyl (C=O) groups is 1. The van der Waals surface area contributed by atoms with E-state index in [1.54, 1.807) is 24.3 Å². The molecule has 1 saturated heterocycles. The van der Waals surface area contributed by atoms with Gasteiger partial charge in [-0.3, -0.25) is 4.79 Å². The molecule has 7 heteroatoms. The number of piperidine rings is 1. The summed E-state index contributed by atoms with van der Waals surface area (Å²) in [5.74, 6) is 1.21. The van der Waals surface area contributed by atoms with E-state index in [1.807, 2.05) is 13.8 Å². The van der Waals surface area contributed by atoms with Gasteiger partial charge in [0.1, 0.15) is 5.75 Å². The van der Waals surface area contributed by atoms with Crippen molar-refractivity contribution in [1.82, 2.24) is 9.62 Å². The fourth-order valence-electron chi connectivity index (χ4n) is 3.40. The highest BCUT2D eigenvalue weighted by atomic mass is 32.2. The Bertz CT molecular complexity index is 723. The number of amides is 1. The molecule has 0 saturated carbocycles. The van der Waals surface area contributed by atoms with Gasteiger partial charge in [-0.25, -0.2) is 8.42 Å². The van der Waals surface area contributed by atoms with Crippen molar-refractivity contribution in [3.05, 3.63) is 24.3 Å². The lowest BCUT2D eigenvalue weighted by atomic mass is 9.96. The second-order valence-corrected chi connectivity index (χ2v) is 9.90. The summed E-state index contributed by atoms with van der Waals surface area (Å²) in [5.41, 5.74) is 0. The Balaban J connectivity index is 1.89. The Morgan fingerprint density at radius 2 is 1.75 bits per heavy atom. The van der Waals surface area contributed by atoms with Crippen LogP contribution < -0.4 is 10.1 Å². The molecule has 1 unspecified atom stereocenters. The average molecular weight is 411 g/mol. The van der Waals surface area contributed by atoms with Gasteiger partial charge in [0.25, 0.3) is 0 Å². The number of sulfonamides is 1. The van der Waals surface area contributed by atoms with Crippen LogP contribution in [0.2, 0.25) is 0 Å². The zero-order valence-corrected chi connectivity index (χ0v) is 18.3. The van der Waals surface area contributed by atoms with Gasteiger partial charge in [0, 0.05) is 25.0 Å². The van der Waals surface area contributed by atoms with Gasteiger partial charge in [-0.05, 0) is 69.7 Å². The van der Waals surface area contributed by atoms with E-state index in [1.165, 1.54) is 4.31 Å². The van der Waals surface area contributed by atoms with E-state index in [0.717, 1.165) is 12.8 Å². The summed E-state index contributed by atoms with van der Waals surface area (Å²) in [6, 6.07) is 6.66. The van der Waals surface area contributed by atoms with Crippen LogP contribution in [-0.4, -0.2) is 44.4 Å². The summed E-state index contributed by atoms with van der Waals surface area (Å²) >= 11 is 0. The van der Waals surface area contributed by atoms with Crippen molar-refractivity contribution in [2.24, 2.45) is 11.8 Å². The molecular formula is C21H34N2O4S. The Kier molecular flexibility index (Phi) is 8.31. The van der Waals surface area contributed by atoms with Gasteiger partial charge in [-0.2, -0.15) is 4.31 Å². The van der Waals surface area contributed by atoms with Crippen molar-refractivity contribution < 1.29 is 17.9 Å². The van der Waals surface area contributed by atoms with Gasteiger partial charge in [0.05, 0.1) is 11.5 Å². The lowest BCUT2D eigenvalue weighted by molar-refractivity contribution is -0.126. The smallest absolute Gasteiger partial charge is 0.243 e. The van der Waals surface area contributed by atoms with Crippen molar-refractivity contribution in [3.8, 4) is 5.75 Å². The number of hydrogen-bond acceptors (Lipinski definition) is 4. The third-order valence-electron chi connectivity index (χ3n) is 5.16. The summed E-state index contributed by atoms with van der Waals surface area (Å²) in [7, 11) is -3.54. The minimum atomic E-state index is -3.54. The maximum Gasteiger partial charge on any atom is 0.243 e. The van der Waals surface area contributed by atoms with Gasteiger partial charge >= 0.3 is 0 Å². The van der Waals surface area contributed by atoms with Crippen LogP contribution in [0.4, 0.5) is 0 Å². The molecule has 1 aromatic carbocycles. The average Bonchev–Trinajstić information content (AvgIpc) is 2.67. The molecule has 1 aromatic rings. The van der Waals surface area contributed by atoms with Crippen LogP contribution in [0.5, 0.6) is 5.75 Å². The molecule has 6 nitrogen and oxygen atoms in total. The molecule has 1 atom stereocenters. The summed E-state index contributed by atoms with van der Waals surface area (Å²) in [4.78, 5) is 12.8. The van der Waals surface area contributed by atoms with Crippen LogP contribution in [0, 0.1) is 11.8 Å². The summed E-state index contributed by atoms with van der Waals surface area (Å²) < 4.78 is 32.5. The molecule has 0 bridgehead atoms. The Morgan fingerprint density at radius 3 is 2.29 bits per heavy atom. The zero-order chi connectivity index (χ0) is 20.7. The van der Waals surface area contributed by atoms with E-state index in [0.29, 0.717) is 44.2 Å². The van der Waals surface area contributed by atoms with E-state index >= 15 is 0 Å². The number of hydrogen-bond donors (Lipinski definition) is 1. The number of nitrogens with zero attached hydrogens (tertiary/aromatic N) is 1. The first-order valence-electron chi connectivity index (χ1n) is 10.3. The standard InChI is InChI=1S/C21H34N2O4S/c1-5-27-19-8-10-20(11-9-19)28(25,26)23-14-12-18(13-15-23)21(24)22-17(4)7-6-16(2)3/h8-11,16-18H,5-7,12-15H2,1-4H3,(H,22,24). The third kappa shape index (κ3) is 6.21. The van der Waals surface area contributed by atoms with Crippen molar-refractivity contribution in [2.75, 3.05) is 19.7 Å². The van der Waals surface area contributed by atoms with Gasteiger partial charge in [-0.1, -0.05) is 13.8 Å². The fraction of sp³-hybridized carbons (Fsp3) is 0.667. The van der Waals surface area contributed by atoms with Gasteiger partial charge < -0.3 is 10.1 Å². The minimum Gasteiger partial charge on any atom is -0.494 e. The molecule has 1 amide bonds. The number of rotatable bonds is 9. The second kappa shape index (κ2) is 10.3. The number of carbonyl (C=O) groups excluding carboxylic acids is 1. The minimum absolute atomic E-state index is 0.0503. The quantitative estimate of drug-likeness (QED) is 0.677. The Morgan fingerprint density at radius 1 is 1.14 bits per heavy atom. The number of ether oxygens (including phenoxy) is 1. The molecule has 158 valence electrons. The number of nitrogens with one attached hydrogen (secondary N) is 1. The molecule has 0 spiro atoms. The molecule has 1 N–H and O–H groups in total. The predicted molar refractivity (Wildman–Crippen MR) is 111 cm³/mol. The molecule has 2 rings (SSSR count). The predicted octanol–water partition coefficient (Wildman–Crippen LogP) is 3.43. The molecule has 0 radical (unpaired) electrons. The lowest BCUT2D eigenvalue weighted by Crippen LogP contribution is -2.44. The van der Waals surface area contributed by atoms with Crippen molar-refractivity contribution >= 4 is 15.9 Å². The van der Waals surface area contributed by atoms with Gasteiger partial charge in [-0.15, -0.1) is 0 Å². The van der Waals surface area contributed by atoms with Crippen molar-refractivity contribution in [1.29, 1.82) is 0 Å². The normalized spacial score (nSPS) is 17.5. The second-order valence-electron chi connectivity index (χ2n) is 7.96. The molecule has 1 fully saturated rings. The molecule has 0 aromatic heterocycles. The summed E-state index contributed by atoms with van der Waals surface area (Å²) in [6.45, 7) is 9.55. The molecule has 1 aliphatic rings. The van der Waals surface area contributed by atoms with Crippen LogP contribution >= 0.6 is 0 Å². The van der Waals surface area contributed by atoms with Gasteiger partial charge in [0.2, 0.25) is 15.9 Å². The molecule has 1 aliphatic heterocycles. The number of benzene rings is 1. The zero-order valence-electron chi connectivity index (χ0n) is 17.5. The third-order valence-corrected chi connectivity index (χ3v) is 7.08. The molecular weight excluding hydrogens is 376 g/mol. The van der Waals surface area contributed by atoms with Crippen LogP contribution in [0.3, 0.4) is 0 Å². The van der Waals surface area contributed by atoms with Crippen LogP contribution in [-0.2, 0) is 14.8 Å². The van der Waals surface area contributed by atoms with E-state index in [9.17, 15) is 13.2 Å². The maximum atomic E-state index is 12.8. The van der Waals surface area contributed by atoms with Gasteiger partial charge in [0.15, 0.2) is 0 Å². The highest BCUT2D eigenvalue weighted by molar-refractivity contribution is 7.89. The summed E-state index contributed by atoms with van der Waals surface area (Å²) in [6.07, 6.45) is 3.16. The Hall–Kier alpha value is -1.60. The van der Waals surface area contributed by atoms with E-state index < -0.39 is 10.0 Å². The van der Waals surface area contributed by atoms with Crippen LogP contribution in [0.15, 0.2) is 29.2 Å².